The summed E-state index contributed by atoms with van der Waals surface area (Å²) in [7, 11) is 0. The molecule has 98 valence electrons. The summed E-state index contributed by atoms with van der Waals surface area (Å²) in [6.07, 6.45) is 1.68. The Morgan fingerprint density at radius 3 is 2.83 bits per heavy atom. The van der Waals surface area contributed by atoms with Gasteiger partial charge in [-0.2, -0.15) is 0 Å². The van der Waals surface area contributed by atoms with E-state index < -0.39 is 0 Å². The molecule has 1 aromatic rings. The molecule has 0 bridgehead atoms. The van der Waals surface area contributed by atoms with Crippen molar-refractivity contribution in [1.29, 1.82) is 0 Å². The fourth-order valence-electron chi connectivity index (χ4n) is 2.27. The van der Waals surface area contributed by atoms with E-state index in [9.17, 15) is 4.79 Å². The van der Waals surface area contributed by atoms with Gasteiger partial charge in [-0.05, 0) is 24.1 Å². The lowest BCUT2D eigenvalue weighted by atomic mass is 9.85. The van der Waals surface area contributed by atoms with Gasteiger partial charge in [-0.25, -0.2) is 0 Å². The van der Waals surface area contributed by atoms with Crippen molar-refractivity contribution in [2.75, 3.05) is 6.61 Å². The van der Waals surface area contributed by atoms with Crippen LogP contribution in [0.15, 0.2) is 18.2 Å². The summed E-state index contributed by atoms with van der Waals surface area (Å²) >= 11 is 0. The van der Waals surface area contributed by atoms with Gasteiger partial charge in [0.25, 0.3) is 0 Å². The molecule has 0 aromatic heterocycles. The number of ether oxygens (including phenoxy) is 1. The largest absolute Gasteiger partial charge is 0.492 e. The molecule has 0 fully saturated rings. The number of carbonyl (C=O) groups excluding carboxylic acids is 1. The highest BCUT2D eigenvalue weighted by atomic mass is 16.5. The van der Waals surface area contributed by atoms with E-state index in [1.807, 2.05) is 18.2 Å². The molecule has 1 unspecified atom stereocenters. The second-order valence-electron chi connectivity index (χ2n) is 6.02. The van der Waals surface area contributed by atoms with Gasteiger partial charge in [0.1, 0.15) is 5.75 Å². The zero-order valence-corrected chi connectivity index (χ0v) is 11.7. The molecular formula is C16H22O2. The summed E-state index contributed by atoms with van der Waals surface area (Å²) in [6, 6.07) is 5.85. The molecule has 2 rings (SSSR count). The molecule has 0 radical (unpaired) electrons. The van der Waals surface area contributed by atoms with Crippen molar-refractivity contribution >= 4 is 5.78 Å². The van der Waals surface area contributed by atoms with Gasteiger partial charge in [-0.3, -0.25) is 4.79 Å². The van der Waals surface area contributed by atoms with Crippen LogP contribution >= 0.6 is 0 Å². The lowest BCUT2D eigenvalue weighted by molar-refractivity contribution is 0.0963. The van der Waals surface area contributed by atoms with E-state index in [0.29, 0.717) is 18.9 Å². The van der Waals surface area contributed by atoms with Crippen LogP contribution in [0, 0.1) is 5.92 Å². The molecule has 2 nitrogen and oxygen atoms in total. The predicted octanol–water partition coefficient (Wildman–Crippen LogP) is 3.98. The van der Waals surface area contributed by atoms with E-state index in [1.54, 1.807) is 0 Å². The van der Waals surface area contributed by atoms with Crippen molar-refractivity contribution < 1.29 is 9.53 Å². The van der Waals surface area contributed by atoms with Gasteiger partial charge in [-0.15, -0.1) is 0 Å². The van der Waals surface area contributed by atoms with Crippen LogP contribution in [0.2, 0.25) is 0 Å². The molecule has 2 heteroatoms. The topological polar surface area (TPSA) is 26.3 Å². The summed E-state index contributed by atoms with van der Waals surface area (Å²) < 4.78 is 5.64. The van der Waals surface area contributed by atoms with Gasteiger partial charge in [0, 0.05) is 23.0 Å². The molecule has 18 heavy (non-hydrogen) atoms. The summed E-state index contributed by atoms with van der Waals surface area (Å²) in [5.74, 6) is 1.63. The Hall–Kier alpha value is -1.31. The fourth-order valence-corrected chi connectivity index (χ4v) is 2.27. The number of ketones is 1. The minimum atomic E-state index is 0.0159. The number of fused-ring (bicyclic) bond motifs is 1. The molecule has 0 saturated carbocycles. The average Bonchev–Trinajstić information content (AvgIpc) is 2.65. The highest BCUT2D eigenvalue weighted by Gasteiger charge is 2.32. The summed E-state index contributed by atoms with van der Waals surface area (Å²) in [5.41, 5.74) is 2.01. The lowest BCUT2D eigenvalue weighted by Gasteiger charge is -2.16. The van der Waals surface area contributed by atoms with Crippen LogP contribution < -0.4 is 4.74 Å². The Balaban J connectivity index is 2.24. The molecule has 0 saturated heterocycles. The Bertz CT molecular complexity index is 460. The van der Waals surface area contributed by atoms with Crippen LogP contribution in [0.5, 0.6) is 5.75 Å². The van der Waals surface area contributed by atoms with Gasteiger partial charge < -0.3 is 4.74 Å². The third-order valence-corrected chi connectivity index (χ3v) is 3.85. The second kappa shape index (κ2) is 4.75. The molecule has 0 N–H and O–H groups in total. The van der Waals surface area contributed by atoms with Gasteiger partial charge in [0.05, 0.1) is 6.61 Å². The van der Waals surface area contributed by atoms with E-state index in [0.717, 1.165) is 23.3 Å². The monoisotopic (exact) mass is 246 g/mol. The molecule has 1 aromatic carbocycles. The quantitative estimate of drug-likeness (QED) is 0.751. The fraction of sp³-hybridized carbons (Fsp3) is 0.562. The summed E-state index contributed by atoms with van der Waals surface area (Å²) in [6.45, 7) is 9.25. The first-order chi connectivity index (χ1) is 8.44. The van der Waals surface area contributed by atoms with Crippen molar-refractivity contribution in [2.45, 2.75) is 46.0 Å². The second-order valence-corrected chi connectivity index (χ2v) is 6.02. The van der Waals surface area contributed by atoms with Crippen LogP contribution in [-0.4, -0.2) is 12.4 Å². The number of carbonyl (C=O) groups is 1. The van der Waals surface area contributed by atoms with Crippen molar-refractivity contribution in [2.24, 2.45) is 5.92 Å². The predicted molar refractivity (Wildman–Crippen MR) is 73.4 cm³/mol. The number of rotatable bonds is 4. The minimum absolute atomic E-state index is 0.0159. The van der Waals surface area contributed by atoms with Crippen LogP contribution in [-0.2, 0) is 5.41 Å². The molecular weight excluding hydrogens is 224 g/mol. The van der Waals surface area contributed by atoms with Crippen molar-refractivity contribution in [3.8, 4) is 5.75 Å². The summed E-state index contributed by atoms with van der Waals surface area (Å²) in [4.78, 5) is 12.2. The SMILES string of the molecule is CCC(C)CC(=O)c1ccc2c(c1)C(C)(C)CO2. The number of hydrogen-bond donors (Lipinski definition) is 0. The Kier molecular flexibility index (Phi) is 3.47. The third kappa shape index (κ3) is 2.43. The molecule has 1 aliphatic rings. The average molecular weight is 246 g/mol. The van der Waals surface area contributed by atoms with Crippen LogP contribution in [0.4, 0.5) is 0 Å². The zero-order chi connectivity index (χ0) is 13.3. The molecule has 0 amide bonds. The maximum atomic E-state index is 12.2. The highest BCUT2D eigenvalue weighted by molar-refractivity contribution is 5.96. The van der Waals surface area contributed by atoms with Gasteiger partial charge in [-0.1, -0.05) is 34.1 Å². The number of Topliss-reactive ketones (excluding diaryl/α,β-unsaturated/α-hetero) is 1. The van der Waals surface area contributed by atoms with Gasteiger partial charge >= 0.3 is 0 Å². The van der Waals surface area contributed by atoms with E-state index in [-0.39, 0.29) is 11.2 Å². The van der Waals surface area contributed by atoms with Gasteiger partial charge in [0.2, 0.25) is 0 Å². The lowest BCUT2D eigenvalue weighted by Crippen LogP contribution is -2.18. The van der Waals surface area contributed by atoms with Crippen molar-refractivity contribution in [3.63, 3.8) is 0 Å². The smallest absolute Gasteiger partial charge is 0.163 e. The van der Waals surface area contributed by atoms with E-state index >= 15 is 0 Å². The van der Waals surface area contributed by atoms with Gasteiger partial charge in [0.15, 0.2) is 5.78 Å². The first-order valence-corrected chi connectivity index (χ1v) is 6.74. The Morgan fingerprint density at radius 2 is 2.17 bits per heavy atom. The highest BCUT2D eigenvalue weighted by Crippen LogP contribution is 2.38. The van der Waals surface area contributed by atoms with E-state index in [1.165, 1.54) is 0 Å². The van der Waals surface area contributed by atoms with Crippen molar-refractivity contribution in [1.82, 2.24) is 0 Å². The first kappa shape index (κ1) is 13.1. The maximum absolute atomic E-state index is 12.2. The third-order valence-electron chi connectivity index (χ3n) is 3.85. The number of benzene rings is 1. The van der Waals surface area contributed by atoms with Crippen molar-refractivity contribution in [3.05, 3.63) is 29.3 Å². The standard InChI is InChI=1S/C16H22O2/c1-5-11(2)8-14(17)12-6-7-15-13(9-12)16(3,4)10-18-15/h6-7,9,11H,5,8,10H2,1-4H3. The molecule has 0 aliphatic carbocycles. The molecule has 1 atom stereocenters. The maximum Gasteiger partial charge on any atom is 0.163 e. The normalized spacial score (nSPS) is 18.0. The minimum Gasteiger partial charge on any atom is -0.492 e. The number of hydrogen-bond acceptors (Lipinski definition) is 2. The Labute approximate surface area is 109 Å². The van der Waals surface area contributed by atoms with E-state index in [4.69, 9.17) is 4.74 Å². The Morgan fingerprint density at radius 1 is 1.44 bits per heavy atom. The van der Waals surface area contributed by atoms with Crippen LogP contribution in [0.3, 0.4) is 0 Å². The molecule has 0 spiro atoms. The van der Waals surface area contributed by atoms with Crippen LogP contribution in [0.1, 0.15) is 56.5 Å². The zero-order valence-electron chi connectivity index (χ0n) is 11.7. The molecule has 1 heterocycles. The first-order valence-electron chi connectivity index (χ1n) is 6.74. The molecule has 1 aliphatic heterocycles. The van der Waals surface area contributed by atoms with E-state index in [2.05, 4.69) is 27.7 Å². The summed E-state index contributed by atoms with van der Waals surface area (Å²) in [5, 5.41) is 0. The van der Waals surface area contributed by atoms with Crippen LogP contribution in [0.25, 0.3) is 0 Å².